The molecule has 1 atom stereocenters. The number of carboxylic acid groups (broad SMARTS) is 1. The zero-order valence-corrected chi connectivity index (χ0v) is 11.1. The van der Waals surface area contributed by atoms with Crippen LogP contribution in [0.4, 0.5) is 0 Å². The van der Waals surface area contributed by atoms with Gasteiger partial charge in [-0.05, 0) is 30.4 Å². The number of phenolic OH excluding ortho intramolecular Hbond substituents is 1. The lowest BCUT2D eigenvalue weighted by Crippen LogP contribution is -2.15. The van der Waals surface area contributed by atoms with E-state index in [1.165, 1.54) is 0 Å². The van der Waals surface area contributed by atoms with Gasteiger partial charge in [0.05, 0.1) is 0 Å². The summed E-state index contributed by atoms with van der Waals surface area (Å²) in [5.41, 5.74) is 8.46. The molecule has 1 unspecified atom stereocenters. The number of rotatable bonds is 5. The van der Waals surface area contributed by atoms with Gasteiger partial charge in [0, 0.05) is 18.0 Å². The number of benzene rings is 1. The Labute approximate surface area is 107 Å². The number of hydrogen-bond acceptors (Lipinski definition) is 3. The van der Waals surface area contributed by atoms with Gasteiger partial charge in [0.1, 0.15) is 5.75 Å². The van der Waals surface area contributed by atoms with E-state index in [1.807, 2.05) is 32.9 Å². The van der Waals surface area contributed by atoms with Crippen molar-refractivity contribution in [1.29, 1.82) is 0 Å². The van der Waals surface area contributed by atoms with Gasteiger partial charge in [0.25, 0.3) is 0 Å². The van der Waals surface area contributed by atoms with Crippen LogP contribution in [0.1, 0.15) is 55.3 Å². The highest BCUT2D eigenvalue weighted by atomic mass is 16.4. The third-order valence-corrected chi connectivity index (χ3v) is 3.11. The van der Waals surface area contributed by atoms with Crippen molar-refractivity contribution in [1.82, 2.24) is 0 Å². The first-order chi connectivity index (χ1) is 8.34. The van der Waals surface area contributed by atoms with Gasteiger partial charge >= 0.3 is 5.97 Å². The van der Waals surface area contributed by atoms with Gasteiger partial charge in [-0.2, -0.15) is 0 Å². The van der Waals surface area contributed by atoms with Gasteiger partial charge in [-0.3, -0.25) is 4.79 Å². The Bertz CT molecular complexity index is 441. The van der Waals surface area contributed by atoms with Crippen LogP contribution < -0.4 is 5.73 Å². The second kappa shape index (κ2) is 5.87. The molecule has 0 aliphatic rings. The smallest absolute Gasteiger partial charge is 0.303 e. The van der Waals surface area contributed by atoms with Crippen LogP contribution in [-0.2, 0) is 4.79 Å². The molecule has 100 valence electrons. The fraction of sp³-hybridized carbons (Fsp3) is 0.500. The summed E-state index contributed by atoms with van der Waals surface area (Å²) >= 11 is 0. The number of phenols is 1. The molecule has 0 bridgehead atoms. The Hall–Kier alpha value is -1.55. The number of aryl methyl sites for hydroxylation is 1. The monoisotopic (exact) mass is 251 g/mol. The van der Waals surface area contributed by atoms with E-state index in [4.69, 9.17) is 10.8 Å². The van der Waals surface area contributed by atoms with Crippen molar-refractivity contribution >= 4 is 5.97 Å². The fourth-order valence-electron chi connectivity index (χ4n) is 2.05. The van der Waals surface area contributed by atoms with Crippen LogP contribution in [0.25, 0.3) is 0 Å². The predicted molar refractivity (Wildman–Crippen MR) is 70.7 cm³/mol. The van der Waals surface area contributed by atoms with Crippen molar-refractivity contribution in [3.05, 3.63) is 28.8 Å². The number of aromatic hydroxyl groups is 1. The molecular weight excluding hydrogens is 230 g/mol. The first-order valence-electron chi connectivity index (χ1n) is 6.14. The van der Waals surface area contributed by atoms with Crippen molar-refractivity contribution in [2.24, 2.45) is 5.73 Å². The Kier molecular flexibility index (Phi) is 4.73. The molecule has 1 aromatic rings. The number of carboxylic acids is 1. The van der Waals surface area contributed by atoms with Crippen molar-refractivity contribution < 1.29 is 15.0 Å². The number of hydrogen-bond donors (Lipinski definition) is 3. The van der Waals surface area contributed by atoms with E-state index in [0.717, 1.165) is 11.1 Å². The molecule has 0 saturated heterocycles. The predicted octanol–water partition coefficient (Wildman–Crippen LogP) is 2.69. The first-order valence-corrected chi connectivity index (χ1v) is 6.14. The normalized spacial score (nSPS) is 12.7. The summed E-state index contributed by atoms with van der Waals surface area (Å²) in [6, 6.07) is 3.37. The summed E-state index contributed by atoms with van der Waals surface area (Å²) in [7, 11) is 0. The van der Waals surface area contributed by atoms with Crippen LogP contribution in [-0.4, -0.2) is 16.2 Å². The summed E-state index contributed by atoms with van der Waals surface area (Å²) < 4.78 is 0. The third kappa shape index (κ3) is 3.23. The van der Waals surface area contributed by atoms with Gasteiger partial charge in [0.15, 0.2) is 0 Å². The third-order valence-electron chi connectivity index (χ3n) is 3.11. The van der Waals surface area contributed by atoms with E-state index in [9.17, 15) is 9.90 Å². The van der Waals surface area contributed by atoms with Crippen LogP contribution in [0.2, 0.25) is 0 Å². The van der Waals surface area contributed by atoms with Gasteiger partial charge in [-0.25, -0.2) is 0 Å². The second-order valence-electron chi connectivity index (χ2n) is 4.93. The Morgan fingerprint density at radius 1 is 1.39 bits per heavy atom. The fourth-order valence-corrected chi connectivity index (χ4v) is 2.05. The van der Waals surface area contributed by atoms with Gasteiger partial charge in [0.2, 0.25) is 0 Å². The van der Waals surface area contributed by atoms with Crippen LogP contribution >= 0.6 is 0 Å². The maximum Gasteiger partial charge on any atom is 0.303 e. The minimum Gasteiger partial charge on any atom is -0.507 e. The number of carbonyl (C=O) groups is 1. The standard InChI is InChI=1S/C14H21NO3/c1-8(2)10-5-4-9(3)14(18)13(10)11(15)6-7-12(16)17/h4-5,8,11,18H,6-7,15H2,1-3H3,(H,16,17). The van der Waals surface area contributed by atoms with E-state index in [2.05, 4.69) is 0 Å². The maximum absolute atomic E-state index is 10.6. The lowest BCUT2D eigenvalue weighted by atomic mass is 9.89. The second-order valence-corrected chi connectivity index (χ2v) is 4.93. The van der Waals surface area contributed by atoms with Gasteiger partial charge < -0.3 is 15.9 Å². The zero-order valence-electron chi connectivity index (χ0n) is 11.1. The molecule has 0 heterocycles. The van der Waals surface area contributed by atoms with E-state index < -0.39 is 12.0 Å². The zero-order chi connectivity index (χ0) is 13.9. The Morgan fingerprint density at radius 2 is 2.00 bits per heavy atom. The summed E-state index contributed by atoms with van der Waals surface area (Å²) in [4.78, 5) is 10.6. The number of aliphatic carboxylic acids is 1. The van der Waals surface area contributed by atoms with Crippen molar-refractivity contribution in [2.45, 2.75) is 45.6 Å². The van der Waals surface area contributed by atoms with Crippen molar-refractivity contribution in [2.75, 3.05) is 0 Å². The van der Waals surface area contributed by atoms with Gasteiger partial charge in [-0.1, -0.05) is 26.0 Å². The molecule has 4 N–H and O–H groups in total. The molecule has 0 spiro atoms. The van der Waals surface area contributed by atoms with Gasteiger partial charge in [-0.15, -0.1) is 0 Å². The molecule has 0 fully saturated rings. The highest BCUT2D eigenvalue weighted by molar-refractivity contribution is 5.66. The van der Waals surface area contributed by atoms with Crippen LogP contribution in [0.5, 0.6) is 5.75 Å². The van der Waals surface area contributed by atoms with Crippen molar-refractivity contribution in [3.63, 3.8) is 0 Å². The molecule has 0 aliphatic heterocycles. The Morgan fingerprint density at radius 3 is 2.50 bits per heavy atom. The van der Waals surface area contributed by atoms with Crippen molar-refractivity contribution in [3.8, 4) is 5.75 Å². The van der Waals surface area contributed by atoms with Crippen LogP contribution in [0.3, 0.4) is 0 Å². The molecule has 1 aromatic carbocycles. The Balaban J connectivity index is 3.11. The highest BCUT2D eigenvalue weighted by Gasteiger charge is 2.19. The molecule has 0 aromatic heterocycles. The lowest BCUT2D eigenvalue weighted by molar-refractivity contribution is -0.137. The van der Waals surface area contributed by atoms with E-state index >= 15 is 0 Å². The summed E-state index contributed by atoms with van der Waals surface area (Å²) in [6.07, 6.45) is 0.331. The van der Waals surface area contributed by atoms with E-state index in [-0.39, 0.29) is 18.1 Å². The molecule has 0 amide bonds. The summed E-state index contributed by atoms with van der Waals surface area (Å²) in [5, 5.41) is 18.8. The van der Waals surface area contributed by atoms with Crippen LogP contribution in [0.15, 0.2) is 12.1 Å². The number of nitrogens with two attached hydrogens (primary N) is 1. The molecule has 4 heteroatoms. The van der Waals surface area contributed by atoms with Crippen LogP contribution in [0, 0.1) is 6.92 Å². The average Bonchev–Trinajstić information content (AvgIpc) is 2.28. The largest absolute Gasteiger partial charge is 0.507 e. The SMILES string of the molecule is Cc1ccc(C(C)C)c(C(N)CCC(=O)O)c1O. The minimum absolute atomic E-state index is 0.00604. The lowest BCUT2D eigenvalue weighted by Gasteiger charge is -2.21. The molecule has 4 nitrogen and oxygen atoms in total. The average molecular weight is 251 g/mol. The molecule has 0 aliphatic carbocycles. The first kappa shape index (κ1) is 14.5. The molecule has 0 radical (unpaired) electrons. The minimum atomic E-state index is -0.872. The molecule has 18 heavy (non-hydrogen) atoms. The quantitative estimate of drug-likeness (QED) is 0.751. The molecular formula is C14H21NO3. The maximum atomic E-state index is 10.6. The van der Waals surface area contributed by atoms with E-state index in [1.54, 1.807) is 0 Å². The molecule has 0 saturated carbocycles. The summed E-state index contributed by atoms with van der Waals surface area (Å²) in [6.45, 7) is 5.86. The highest BCUT2D eigenvalue weighted by Crippen LogP contribution is 2.35. The van der Waals surface area contributed by atoms with E-state index in [0.29, 0.717) is 12.0 Å². The summed E-state index contributed by atoms with van der Waals surface area (Å²) in [5.74, 6) is -0.440. The topological polar surface area (TPSA) is 83.6 Å². The molecule has 1 rings (SSSR count).